The number of phenolic OH excluding ortho intramolecular Hbond substituents is 2. The van der Waals surface area contributed by atoms with Gasteiger partial charge in [0.1, 0.15) is 0 Å². The van der Waals surface area contributed by atoms with Crippen molar-refractivity contribution in [2.45, 2.75) is 0 Å². The number of nitrogens with zero attached hydrogens (tertiary/aromatic N) is 3. The molecule has 1 aromatic carbocycles. The van der Waals surface area contributed by atoms with Crippen LogP contribution in [-0.2, 0) is 0 Å². The number of aromatic nitrogens is 2. The number of amides is 1. The Labute approximate surface area is 113 Å². The molecule has 0 radical (unpaired) electrons. The lowest BCUT2D eigenvalue weighted by Crippen LogP contribution is -2.28. The summed E-state index contributed by atoms with van der Waals surface area (Å²) in [4.78, 5) is 12.9. The van der Waals surface area contributed by atoms with E-state index in [1.54, 1.807) is 14.1 Å². The molecular formula is C11H11N3O4S. The highest BCUT2D eigenvalue weighted by molar-refractivity contribution is 7.71. The minimum absolute atomic E-state index is 0.0792. The number of carbonyl (C=O) groups is 1. The van der Waals surface area contributed by atoms with Crippen molar-refractivity contribution in [2.75, 3.05) is 14.1 Å². The van der Waals surface area contributed by atoms with Gasteiger partial charge < -0.3 is 19.5 Å². The summed E-state index contributed by atoms with van der Waals surface area (Å²) in [7, 11) is 3.12. The quantitative estimate of drug-likeness (QED) is 0.612. The van der Waals surface area contributed by atoms with E-state index in [9.17, 15) is 15.0 Å². The average molecular weight is 281 g/mol. The second-order valence-electron chi connectivity index (χ2n) is 3.97. The molecule has 2 aromatic rings. The maximum atomic E-state index is 11.7. The summed E-state index contributed by atoms with van der Waals surface area (Å²) in [6.07, 6.45) is 0. The summed E-state index contributed by atoms with van der Waals surface area (Å²) in [5.74, 6) is -0.492. The molecule has 0 bridgehead atoms. The summed E-state index contributed by atoms with van der Waals surface area (Å²) >= 11 is 4.90. The third-order valence-corrected chi connectivity index (χ3v) is 2.59. The number of aromatic hydroxyl groups is 2. The molecule has 1 heterocycles. The van der Waals surface area contributed by atoms with Crippen LogP contribution < -0.4 is 0 Å². The van der Waals surface area contributed by atoms with E-state index in [0.717, 1.165) is 4.68 Å². The van der Waals surface area contributed by atoms with Crippen LogP contribution in [0.3, 0.4) is 0 Å². The molecule has 0 atom stereocenters. The highest BCUT2D eigenvalue weighted by atomic mass is 32.1. The van der Waals surface area contributed by atoms with Crippen LogP contribution in [0.15, 0.2) is 22.6 Å². The van der Waals surface area contributed by atoms with Gasteiger partial charge in [0.25, 0.3) is 4.84 Å². The van der Waals surface area contributed by atoms with Gasteiger partial charge in [-0.2, -0.15) is 0 Å². The molecule has 0 saturated carbocycles. The van der Waals surface area contributed by atoms with Gasteiger partial charge in [-0.15, -0.1) is 9.78 Å². The van der Waals surface area contributed by atoms with Crippen molar-refractivity contribution >= 4 is 18.2 Å². The van der Waals surface area contributed by atoms with Crippen LogP contribution in [-0.4, -0.2) is 45.0 Å². The molecule has 19 heavy (non-hydrogen) atoms. The van der Waals surface area contributed by atoms with Crippen LogP contribution in [0.25, 0.3) is 11.5 Å². The average Bonchev–Trinajstić information content (AvgIpc) is 2.73. The fourth-order valence-corrected chi connectivity index (χ4v) is 1.56. The fraction of sp³-hybridized carbons (Fsp3) is 0.182. The van der Waals surface area contributed by atoms with Gasteiger partial charge >= 0.3 is 6.03 Å². The zero-order chi connectivity index (χ0) is 14.2. The van der Waals surface area contributed by atoms with Crippen LogP contribution in [0.1, 0.15) is 0 Å². The molecular weight excluding hydrogens is 270 g/mol. The minimum atomic E-state index is -0.442. The number of hydrogen-bond donors (Lipinski definition) is 2. The van der Waals surface area contributed by atoms with Crippen LogP contribution in [0.2, 0.25) is 0 Å². The zero-order valence-corrected chi connectivity index (χ0v) is 11.0. The molecule has 0 aliphatic carbocycles. The van der Waals surface area contributed by atoms with Gasteiger partial charge in [-0.25, -0.2) is 4.79 Å². The van der Waals surface area contributed by atoms with Crippen molar-refractivity contribution in [3.63, 3.8) is 0 Å². The SMILES string of the molecule is CN(C)C(=O)n1nc(-c2ccc(O)c(O)c2)oc1=S. The van der Waals surface area contributed by atoms with E-state index in [1.165, 1.54) is 23.1 Å². The lowest BCUT2D eigenvalue weighted by Gasteiger charge is -2.07. The first-order valence-corrected chi connectivity index (χ1v) is 5.65. The maximum absolute atomic E-state index is 11.7. The Bertz CT molecular complexity index is 689. The molecule has 2 N–H and O–H groups in total. The van der Waals surface area contributed by atoms with Gasteiger partial charge in [0.05, 0.1) is 0 Å². The van der Waals surface area contributed by atoms with Crippen LogP contribution in [0.4, 0.5) is 4.79 Å². The Hall–Kier alpha value is -2.35. The van der Waals surface area contributed by atoms with E-state index < -0.39 is 6.03 Å². The van der Waals surface area contributed by atoms with Crippen molar-refractivity contribution < 1.29 is 19.4 Å². The Balaban J connectivity index is 2.47. The smallest absolute Gasteiger partial charge is 0.348 e. The van der Waals surface area contributed by atoms with E-state index in [0.29, 0.717) is 5.56 Å². The van der Waals surface area contributed by atoms with Gasteiger partial charge in [0.2, 0.25) is 5.89 Å². The van der Waals surface area contributed by atoms with Crippen molar-refractivity contribution in [3.8, 4) is 23.0 Å². The third-order valence-electron chi connectivity index (χ3n) is 2.33. The van der Waals surface area contributed by atoms with E-state index in [1.807, 2.05) is 0 Å². The highest BCUT2D eigenvalue weighted by Gasteiger charge is 2.16. The van der Waals surface area contributed by atoms with Crippen molar-refractivity contribution in [2.24, 2.45) is 0 Å². The Morgan fingerprint density at radius 2 is 2.05 bits per heavy atom. The van der Waals surface area contributed by atoms with Gasteiger partial charge in [0, 0.05) is 19.7 Å². The molecule has 0 aliphatic rings. The van der Waals surface area contributed by atoms with Crippen molar-refractivity contribution in [1.82, 2.24) is 14.7 Å². The first-order valence-electron chi connectivity index (χ1n) is 5.24. The summed E-state index contributed by atoms with van der Waals surface area (Å²) in [5, 5.41) is 22.6. The monoisotopic (exact) mass is 281 g/mol. The predicted octanol–water partition coefficient (Wildman–Crippen LogP) is 1.81. The topological polar surface area (TPSA) is 91.7 Å². The molecule has 8 heteroatoms. The van der Waals surface area contributed by atoms with Crippen LogP contribution in [0, 0.1) is 4.84 Å². The normalized spacial score (nSPS) is 10.4. The Morgan fingerprint density at radius 3 is 2.63 bits per heavy atom. The first-order chi connectivity index (χ1) is 8.90. The summed E-state index contributed by atoms with van der Waals surface area (Å²) in [6.45, 7) is 0. The summed E-state index contributed by atoms with van der Waals surface area (Å²) in [5.41, 5.74) is 0.395. The first kappa shape index (κ1) is 13.1. The Morgan fingerprint density at radius 1 is 1.37 bits per heavy atom. The molecule has 0 spiro atoms. The second kappa shape index (κ2) is 4.73. The molecule has 1 amide bonds. The predicted molar refractivity (Wildman–Crippen MR) is 68.6 cm³/mol. The molecule has 0 unspecified atom stereocenters. The van der Waals surface area contributed by atoms with Gasteiger partial charge in [-0.3, -0.25) is 0 Å². The largest absolute Gasteiger partial charge is 0.504 e. The van der Waals surface area contributed by atoms with E-state index >= 15 is 0 Å². The van der Waals surface area contributed by atoms with Crippen molar-refractivity contribution in [1.29, 1.82) is 0 Å². The number of benzene rings is 1. The number of hydrogen-bond acceptors (Lipinski definition) is 6. The van der Waals surface area contributed by atoms with E-state index in [2.05, 4.69) is 5.10 Å². The standard InChI is InChI=1S/C11H11N3O4S/c1-13(2)10(17)14-11(19)18-9(12-14)6-3-4-7(15)8(16)5-6/h3-5,15-16H,1-2H3. The summed E-state index contributed by atoms with van der Waals surface area (Å²) in [6, 6.07) is 3.60. The molecule has 0 fully saturated rings. The Kier molecular flexibility index (Phi) is 3.26. The maximum Gasteiger partial charge on any atom is 0.348 e. The van der Waals surface area contributed by atoms with Gasteiger partial charge in [-0.1, -0.05) is 0 Å². The second-order valence-corrected chi connectivity index (χ2v) is 4.31. The summed E-state index contributed by atoms with van der Waals surface area (Å²) < 4.78 is 6.13. The number of phenols is 2. The molecule has 100 valence electrons. The van der Waals surface area contributed by atoms with Crippen molar-refractivity contribution in [3.05, 3.63) is 23.0 Å². The lowest BCUT2D eigenvalue weighted by molar-refractivity contribution is 0.214. The molecule has 2 rings (SSSR count). The number of rotatable bonds is 1. The zero-order valence-electron chi connectivity index (χ0n) is 10.2. The van der Waals surface area contributed by atoms with Crippen LogP contribution >= 0.6 is 12.2 Å². The van der Waals surface area contributed by atoms with Gasteiger partial charge in [0.15, 0.2) is 11.5 Å². The van der Waals surface area contributed by atoms with E-state index in [-0.39, 0.29) is 22.2 Å². The van der Waals surface area contributed by atoms with Crippen LogP contribution in [0.5, 0.6) is 11.5 Å². The molecule has 7 nitrogen and oxygen atoms in total. The van der Waals surface area contributed by atoms with Gasteiger partial charge in [-0.05, 0) is 30.4 Å². The third kappa shape index (κ3) is 2.43. The molecule has 0 aliphatic heterocycles. The molecule has 1 aromatic heterocycles. The van der Waals surface area contributed by atoms with E-state index in [4.69, 9.17) is 16.6 Å². The minimum Gasteiger partial charge on any atom is -0.504 e. The number of carbonyl (C=O) groups excluding carboxylic acids is 1. The fourth-order valence-electron chi connectivity index (χ4n) is 1.36. The lowest BCUT2D eigenvalue weighted by atomic mass is 10.2. The highest BCUT2D eigenvalue weighted by Crippen LogP contribution is 2.29. The molecule has 0 saturated heterocycles.